The SMILES string of the molecule is CCCN(C)c1ccc(C(=O)NCc2ccccc2CO)cc1. The maximum atomic E-state index is 12.2. The van der Waals surface area contributed by atoms with Gasteiger partial charge in [-0.1, -0.05) is 31.2 Å². The van der Waals surface area contributed by atoms with Crippen LogP contribution in [0.2, 0.25) is 0 Å². The quantitative estimate of drug-likeness (QED) is 0.826. The van der Waals surface area contributed by atoms with Crippen LogP contribution in [0, 0.1) is 0 Å². The van der Waals surface area contributed by atoms with Crippen LogP contribution in [-0.4, -0.2) is 24.6 Å². The van der Waals surface area contributed by atoms with E-state index in [9.17, 15) is 9.90 Å². The summed E-state index contributed by atoms with van der Waals surface area (Å²) < 4.78 is 0. The molecule has 0 spiro atoms. The van der Waals surface area contributed by atoms with Gasteiger partial charge in [-0.05, 0) is 41.8 Å². The van der Waals surface area contributed by atoms with Crippen molar-refractivity contribution in [1.82, 2.24) is 5.32 Å². The highest BCUT2D eigenvalue weighted by Crippen LogP contribution is 2.14. The number of amides is 1. The summed E-state index contributed by atoms with van der Waals surface area (Å²) in [5.74, 6) is -0.109. The summed E-state index contributed by atoms with van der Waals surface area (Å²) in [6.07, 6.45) is 1.09. The highest BCUT2D eigenvalue weighted by Gasteiger charge is 2.08. The number of carbonyl (C=O) groups is 1. The number of benzene rings is 2. The topological polar surface area (TPSA) is 52.6 Å². The monoisotopic (exact) mass is 312 g/mol. The molecule has 0 saturated carbocycles. The predicted octanol–water partition coefficient (Wildman–Crippen LogP) is 2.96. The normalized spacial score (nSPS) is 10.4. The van der Waals surface area contributed by atoms with Crippen molar-refractivity contribution >= 4 is 11.6 Å². The molecule has 0 bridgehead atoms. The molecular formula is C19H24N2O2. The Hall–Kier alpha value is -2.33. The molecule has 4 nitrogen and oxygen atoms in total. The fourth-order valence-electron chi connectivity index (χ4n) is 2.49. The van der Waals surface area contributed by atoms with Crippen LogP contribution in [0.25, 0.3) is 0 Å². The zero-order valence-corrected chi connectivity index (χ0v) is 13.7. The molecule has 0 unspecified atom stereocenters. The van der Waals surface area contributed by atoms with E-state index in [1.54, 1.807) is 0 Å². The van der Waals surface area contributed by atoms with Gasteiger partial charge in [-0.15, -0.1) is 0 Å². The number of anilines is 1. The Balaban J connectivity index is 1.98. The molecule has 2 aromatic carbocycles. The lowest BCUT2D eigenvalue weighted by atomic mass is 10.1. The number of rotatable bonds is 7. The van der Waals surface area contributed by atoms with Gasteiger partial charge in [0.15, 0.2) is 0 Å². The highest BCUT2D eigenvalue weighted by atomic mass is 16.3. The van der Waals surface area contributed by atoms with Crippen LogP contribution < -0.4 is 10.2 Å². The first-order chi connectivity index (χ1) is 11.2. The average Bonchev–Trinajstić information content (AvgIpc) is 2.60. The lowest BCUT2D eigenvalue weighted by molar-refractivity contribution is 0.0950. The van der Waals surface area contributed by atoms with Gasteiger partial charge in [0.1, 0.15) is 0 Å². The minimum Gasteiger partial charge on any atom is -0.392 e. The van der Waals surface area contributed by atoms with Crippen molar-refractivity contribution in [3.8, 4) is 0 Å². The number of aliphatic hydroxyl groups is 1. The molecule has 0 aliphatic heterocycles. The number of aliphatic hydroxyl groups excluding tert-OH is 1. The summed E-state index contributed by atoms with van der Waals surface area (Å²) in [6, 6.07) is 15.2. The van der Waals surface area contributed by atoms with Crippen molar-refractivity contribution in [3.05, 3.63) is 65.2 Å². The third kappa shape index (κ3) is 4.57. The molecule has 122 valence electrons. The Morgan fingerprint density at radius 2 is 1.74 bits per heavy atom. The smallest absolute Gasteiger partial charge is 0.251 e. The second-order valence-electron chi connectivity index (χ2n) is 5.58. The number of hydrogen-bond acceptors (Lipinski definition) is 3. The summed E-state index contributed by atoms with van der Waals surface area (Å²) in [5.41, 5.74) is 3.51. The van der Waals surface area contributed by atoms with E-state index in [2.05, 4.69) is 17.1 Å². The number of carbonyl (C=O) groups excluding carboxylic acids is 1. The van der Waals surface area contributed by atoms with Crippen LogP contribution in [-0.2, 0) is 13.2 Å². The van der Waals surface area contributed by atoms with Crippen LogP contribution in [0.15, 0.2) is 48.5 Å². The van der Waals surface area contributed by atoms with Crippen LogP contribution in [0.4, 0.5) is 5.69 Å². The van der Waals surface area contributed by atoms with E-state index in [0.717, 1.165) is 29.8 Å². The van der Waals surface area contributed by atoms with E-state index < -0.39 is 0 Å². The third-order valence-corrected chi connectivity index (χ3v) is 3.86. The molecule has 23 heavy (non-hydrogen) atoms. The summed E-state index contributed by atoms with van der Waals surface area (Å²) in [4.78, 5) is 14.4. The van der Waals surface area contributed by atoms with Crippen LogP contribution >= 0.6 is 0 Å². The molecule has 0 aliphatic rings. The van der Waals surface area contributed by atoms with E-state index in [-0.39, 0.29) is 12.5 Å². The largest absolute Gasteiger partial charge is 0.392 e. The van der Waals surface area contributed by atoms with Gasteiger partial charge in [-0.3, -0.25) is 4.79 Å². The fraction of sp³-hybridized carbons (Fsp3) is 0.316. The molecule has 0 aromatic heterocycles. The maximum absolute atomic E-state index is 12.2. The van der Waals surface area contributed by atoms with Crippen LogP contribution in [0.5, 0.6) is 0 Å². The van der Waals surface area contributed by atoms with Gasteiger partial charge < -0.3 is 15.3 Å². The Labute approximate surface area is 137 Å². The minimum atomic E-state index is -0.109. The molecule has 4 heteroatoms. The molecule has 1 amide bonds. The van der Waals surface area contributed by atoms with E-state index in [1.165, 1.54) is 0 Å². The number of nitrogens with zero attached hydrogens (tertiary/aromatic N) is 1. The zero-order chi connectivity index (χ0) is 16.7. The molecule has 0 atom stereocenters. The van der Waals surface area contributed by atoms with Gasteiger partial charge in [-0.2, -0.15) is 0 Å². The van der Waals surface area contributed by atoms with Crippen LogP contribution in [0.1, 0.15) is 34.8 Å². The second-order valence-corrected chi connectivity index (χ2v) is 5.58. The fourth-order valence-corrected chi connectivity index (χ4v) is 2.49. The van der Waals surface area contributed by atoms with E-state index in [0.29, 0.717) is 12.1 Å². The summed E-state index contributed by atoms with van der Waals surface area (Å²) in [5, 5.41) is 12.2. The summed E-state index contributed by atoms with van der Waals surface area (Å²) in [7, 11) is 2.05. The van der Waals surface area contributed by atoms with E-state index in [4.69, 9.17) is 0 Å². The molecule has 0 radical (unpaired) electrons. The van der Waals surface area contributed by atoms with Gasteiger partial charge in [0.25, 0.3) is 5.91 Å². The number of nitrogens with one attached hydrogen (secondary N) is 1. The van der Waals surface area contributed by atoms with Crippen molar-refractivity contribution in [2.75, 3.05) is 18.5 Å². The number of hydrogen-bond donors (Lipinski definition) is 2. The van der Waals surface area contributed by atoms with Crippen molar-refractivity contribution in [2.24, 2.45) is 0 Å². The maximum Gasteiger partial charge on any atom is 0.251 e. The Morgan fingerprint density at radius 3 is 2.35 bits per heavy atom. The Bertz CT molecular complexity index is 638. The Morgan fingerprint density at radius 1 is 1.09 bits per heavy atom. The second kappa shape index (κ2) is 8.34. The van der Waals surface area contributed by atoms with Crippen molar-refractivity contribution in [2.45, 2.75) is 26.5 Å². The van der Waals surface area contributed by atoms with Gasteiger partial charge in [0.05, 0.1) is 6.61 Å². The Kier molecular flexibility index (Phi) is 6.18. The molecule has 2 aromatic rings. The molecule has 0 aliphatic carbocycles. The third-order valence-electron chi connectivity index (χ3n) is 3.86. The zero-order valence-electron chi connectivity index (χ0n) is 13.7. The van der Waals surface area contributed by atoms with E-state index in [1.807, 2.05) is 55.6 Å². The van der Waals surface area contributed by atoms with Gasteiger partial charge >= 0.3 is 0 Å². The molecule has 2 rings (SSSR count). The predicted molar refractivity (Wildman–Crippen MR) is 93.5 cm³/mol. The standard InChI is InChI=1S/C19H24N2O2/c1-3-12-21(2)18-10-8-15(9-11-18)19(23)20-13-16-6-4-5-7-17(16)14-22/h4-11,22H,3,12-14H2,1-2H3,(H,20,23). The molecule has 2 N–H and O–H groups in total. The first-order valence-electron chi connectivity index (χ1n) is 7.92. The van der Waals surface area contributed by atoms with Gasteiger partial charge in [0, 0.05) is 31.4 Å². The molecule has 0 saturated heterocycles. The summed E-state index contributed by atoms with van der Waals surface area (Å²) >= 11 is 0. The summed E-state index contributed by atoms with van der Waals surface area (Å²) in [6.45, 7) is 3.52. The van der Waals surface area contributed by atoms with Crippen molar-refractivity contribution in [1.29, 1.82) is 0 Å². The lowest BCUT2D eigenvalue weighted by Crippen LogP contribution is -2.23. The minimum absolute atomic E-state index is 0.0233. The average molecular weight is 312 g/mol. The molecular weight excluding hydrogens is 288 g/mol. The van der Waals surface area contributed by atoms with Gasteiger partial charge in [-0.25, -0.2) is 0 Å². The molecule has 0 fully saturated rings. The first-order valence-corrected chi connectivity index (χ1v) is 7.92. The van der Waals surface area contributed by atoms with Crippen molar-refractivity contribution in [3.63, 3.8) is 0 Å². The first kappa shape index (κ1) is 17.0. The van der Waals surface area contributed by atoms with Gasteiger partial charge in [0.2, 0.25) is 0 Å². The lowest BCUT2D eigenvalue weighted by Gasteiger charge is -2.18. The van der Waals surface area contributed by atoms with Crippen LogP contribution in [0.3, 0.4) is 0 Å². The highest BCUT2D eigenvalue weighted by molar-refractivity contribution is 5.94. The van der Waals surface area contributed by atoms with Crippen molar-refractivity contribution < 1.29 is 9.90 Å². The van der Waals surface area contributed by atoms with E-state index >= 15 is 0 Å². The molecule has 0 heterocycles.